The van der Waals surface area contributed by atoms with E-state index in [0.29, 0.717) is 13.0 Å². The van der Waals surface area contributed by atoms with E-state index >= 15 is 0 Å². The molecule has 2 aliphatic heterocycles. The SMILES string of the molecule is N#CC1(C#N)Cc2cnccc2N2CCN(c3ccccc3)CC21. The number of piperazine rings is 1. The maximum Gasteiger partial charge on any atom is 0.169 e. The van der Waals surface area contributed by atoms with Crippen molar-refractivity contribution in [2.75, 3.05) is 29.4 Å². The molecule has 1 fully saturated rings. The number of fused-ring (bicyclic) bond motifs is 3. The van der Waals surface area contributed by atoms with Crippen molar-refractivity contribution >= 4 is 11.4 Å². The average Bonchev–Trinajstić information content (AvgIpc) is 2.67. The summed E-state index contributed by atoms with van der Waals surface area (Å²) in [5.74, 6) is 0. The van der Waals surface area contributed by atoms with Crippen LogP contribution in [-0.4, -0.2) is 30.7 Å². The Morgan fingerprint density at radius 2 is 1.88 bits per heavy atom. The third-order valence-corrected chi connectivity index (χ3v) is 5.13. The van der Waals surface area contributed by atoms with Gasteiger partial charge in [-0.1, -0.05) is 18.2 Å². The number of pyridine rings is 1. The summed E-state index contributed by atoms with van der Waals surface area (Å²) < 4.78 is 0. The minimum atomic E-state index is -1.04. The standard InChI is InChI=1S/C19H17N5/c20-13-19(14-21)10-15-11-22-7-6-17(15)24-9-8-23(12-18(19)24)16-4-2-1-3-5-16/h1-7,11,18H,8-10,12H2. The molecule has 118 valence electrons. The molecule has 5 heteroatoms. The van der Waals surface area contributed by atoms with Crippen molar-refractivity contribution in [2.45, 2.75) is 12.5 Å². The smallest absolute Gasteiger partial charge is 0.169 e. The molecule has 24 heavy (non-hydrogen) atoms. The maximum absolute atomic E-state index is 9.82. The van der Waals surface area contributed by atoms with Gasteiger partial charge in [0, 0.05) is 49.8 Å². The predicted molar refractivity (Wildman–Crippen MR) is 91.4 cm³/mol. The van der Waals surface area contributed by atoms with Gasteiger partial charge in [0.2, 0.25) is 0 Å². The van der Waals surface area contributed by atoms with Gasteiger partial charge in [-0.15, -0.1) is 0 Å². The van der Waals surface area contributed by atoms with Crippen LogP contribution in [0.3, 0.4) is 0 Å². The maximum atomic E-state index is 9.82. The number of nitriles is 2. The molecule has 0 N–H and O–H groups in total. The minimum Gasteiger partial charge on any atom is -0.368 e. The molecule has 1 aromatic carbocycles. The number of para-hydroxylation sites is 1. The molecule has 1 atom stereocenters. The molecule has 3 heterocycles. The summed E-state index contributed by atoms with van der Waals surface area (Å²) in [4.78, 5) is 8.68. The third kappa shape index (κ3) is 2.10. The fourth-order valence-electron chi connectivity index (χ4n) is 3.87. The fourth-order valence-corrected chi connectivity index (χ4v) is 3.87. The Morgan fingerprint density at radius 3 is 2.62 bits per heavy atom. The predicted octanol–water partition coefficient (Wildman–Crippen LogP) is 2.37. The molecular formula is C19H17N5. The van der Waals surface area contributed by atoms with Crippen LogP contribution in [0.5, 0.6) is 0 Å². The largest absolute Gasteiger partial charge is 0.368 e. The zero-order valence-electron chi connectivity index (χ0n) is 13.3. The van der Waals surface area contributed by atoms with Crippen molar-refractivity contribution in [3.05, 3.63) is 54.4 Å². The first-order valence-corrected chi connectivity index (χ1v) is 8.09. The van der Waals surface area contributed by atoms with E-state index in [0.717, 1.165) is 30.0 Å². The molecule has 0 bridgehead atoms. The number of anilines is 2. The second kappa shape index (κ2) is 5.54. The zero-order chi connectivity index (χ0) is 16.6. The van der Waals surface area contributed by atoms with Crippen LogP contribution < -0.4 is 9.80 Å². The van der Waals surface area contributed by atoms with Gasteiger partial charge in [-0.2, -0.15) is 10.5 Å². The molecule has 0 saturated carbocycles. The number of hydrogen-bond acceptors (Lipinski definition) is 5. The number of nitrogens with zero attached hydrogens (tertiary/aromatic N) is 5. The van der Waals surface area contributed by atoms with Crippen molar-refractivity contribution in [3.8, 4) is 12.1 Å². The summed E-state index contributed by atoms with van der Waals surface area (Å²) in [6.07, 6.45) is 4.01. The van der Waals surface area contributed by atoms with Gasteiger partial charge in [-0.05, 0) is 23.8 Å². The highest BCUT2D eigenvalue weighted by atomic mass is 15.3. The Balaban J connectivity index is 1.75. The highest BCUT2D eigenvalue weighted by molar-refractivity contribution is 5.61. The molecular weight excluding hydrogens is 298 g/mol. The molecule has 5 nitrogen and oxygen atoms in total. The van der Waals surface area contributed by atoms with E-state index < -0.39 is 5.41 Å². The van der Waals surface area contributed by atoms with E-state index in [-0.39, 0.29) is 6.04 Å². The molecule has 4 rings (SSSR count). The zero-order valence-corrected chi connectivity index (χ0v) is 13.3. The van der Waals surface area contributed by atoms with Crippen LogP contribution in [0, 0.1) is 28.1 Å². The molecule has 0 amide bonds. The summed E-state index contributed by atoms with van der Waals surface area (Å²) in [5.41, 5.74) is 2.21. The van der Waals surface area contributed by atoms with Crippen molar-refractivity contribution in [1.82, 2.24) is 4.98 Å². The van der Waals surface area contributed by atoms with Crippen molar-refractivity contribution in [1.29, 1.82) is 10.5 Å². The van der Waals surface area contributed by atoms with Crippen LogP contribution in [-0.2, 0) is 6.42 Å². The third-order valence-electron chi connectivity index (χ3n) is 5.13. The molecule has 2 aliphatic rings. The Kier molecular flexibility index (Phi) is 3.36. The topological polar surface area (TPSA) is 67.0 Å². The van der Waals surface area contributed by atoms with E-state index in [4.69, 9.17) is 0 Å². The number of rotatable bonds is 1. The second-order valence-electron chi connectivity index (χ2n) is 6.37. The van der Waals surface area contributed by atoms with Gasteiger partial charge in [0.15, 0.2) is 5.41 Å². The van der Waals surface area contributed by atoms with Gasteiger partial charge in [0.25, 0.3) is 0 Å². The van der Waals surface area contributed by atoms with Crippen LogP contribution in [0.1, 0.15) is 5.56 Å². The number of hydrogen-bond donors (Lipinski definition) is 0. The monoisotopic (exact) mass is 315 g/mol. The Labute approximate surface area is 141 Å². The van der Waals surface area contributed by atoms with Gasteiger partial charge < -0.3 is 9.80 Å². The van der Waals surface area contributed by atoms with Crippen LogP contribution >= 0.6 is 0 Å². The second-order valence-corrected chi connectivity index (χ2v) is 6.37. The van der Waals surface area contributed by atoms with Crippen molar-refractivity contribution in [2.24, 2.45) is 5.41 Å². The lowest BCUT2D eigenvalue weighted by Crippen LogP contribution is -2.62. The molecule has 1 saturated heterocycles. The van der Waals surface area contributed by atoms with Gasteiger partial charge in [-0.3, -0.25) is 4.98 Å². The lowest BCUT2D eigenvalue weighted by molar-refractivity contribution is 0.339. The summed E-state index contributed by atoms with van der Waals surface area (Å²) in [7, 11) is 0. The Hall–Kier alpha value is -3.05. The van der Waals surface area contributed by atoms with E-state index in [2.05, 4.69) is 39.1 Å². The van der Waals surface area contributed by atoms with Crippen molar-refractivity contribution < 1.29 is 0 Å². The highest BCUT2D eigenvalue weighted by Crippen LogP contribution is 2.42. The summed E-state index contributed by atoms with van der Waals surface area (Å²) >= 11 is 0. The van der Waals surface area contributed by atoms with E-state index in [1.807, 2.05) is 24.3 Å². The van der Waals surface area contributed by atoms with Crippen LogP contribution in [0.4, 0.5) is 11.4 Å². The first-order chi connectivity index (χ1) is 11.8. The lowest BCUT2D eigenvalue weighted by atomic mass is 9.72. The molecule has 0 spiro atoms. The summed E-state index contributed by atoms with van der Waals surface area (Å²) in [6.45, 7) is 2.34. The minimum absolute atomic E-state index is 0.142. The quantitative estimate of drug-likeness (QED) is 0.808. The van der Waals surface area contributed by atoms with E-state index in [9.17, 15) is 10.5 Å². The fraction of sp³-hybridized carbons (Fsp3) is 0.316. The molecule has 2 aromatic rings. The first kappa shape index (κ1) is 14.5. The normalized spacial score (nSPS) is 21.2. The summed E-state index contributed by atoms with van der Waals surface area (Å²) in [5, 5.41) is 19.6. The molecule has 1 unspecified atom stereocenters. The van der Waals surface area contributed by atoms with Gasteiger partial charge >= 0.3 is 0 Å². The summed E-state index contributed by atoms with van der Waals surface area (Å²) in [6, 6.07) is 16.7. The highest BCUT2D eigenvalue weighted by Gasteiger charge is 2.50. The first-order valence-electron chi connectivity index (χ1n) is 8.09. The van der Waals surface area contributed by atoms with Gasteiger partial charge in [0.1, 0.15) is 0 Å². The lowest BCUT2D eigenvalue weighted by Gasteiger charge is -2.50. The van der Waals surface area contributed by atoms with E-state index in [1.54, 1.807) is 12.4 Å². The number of aromatic nitrogens is 1. The Morgan fingerprint density at radius 1 is 1.08 bits per heavy atom. The number of benzene rings is 1. The van der Waals surface area contributed by atoms with Crippen LogP contribution in [0.15, 0.2) is 48.8 Å². The average molecular weight is 315 g/mol. The van der Waals surface area contributed by atoms with Gasteiger partial charge in [-0.25, -0.2) is 0 Å². The Bertz CT molecular complexity index is 819. The molecule has 0 radical (unpaired) electrons. The van der Waals surface area contributed by atoms with Gasteiger partial charge in [0.05, 0.1) is 18.2 Å². The van der Waals surface area contributed by atoms with Crippen LogP contribution in [0.25, 0.3) is 0 Å². The van der Waals surface area contributed by atoms with Crippen molar-refractivity contribution in [3.63, 3.8) is 0 Å². The van der Waals surface area contributed by atoms with Crippen LogP contribution in [0.2, 0.25) is 0 Å². The molecule has 1 aromatic heterocycles. The van der Waals surface area contributed by atoms with E-state index in [1.165, 1.54) is 0 Å². The molecule has 0 aliphatic carbocycles.